The molecule has 0 radical (unpaired) electrons. The molecule has 1 aromatic carbocycles. The lowest BCUT2D eigenvalue weighted by Gasteiger charge is -2.42. The number of hydrogen-bond donors (Lipinski definition) is 1. The molecule has 0 aromatic heterocycles. The van der Waals surface area contributed by atoms with Crippen LogP contribution in [-0.2, 0) is 12.6 Å². The molecule has 0 spiro atoms. The molecular weight excluding hydrogens is 291 g/mol. The van der Waals surface area contributed by atoms with Crippen molar-refractivity contribution in [2.45, 2.75) is 44.0 Å². The molecule has 1 unspecified atom stereocenters. The standard InChI is InChI=1S/C17H22F3NO/c1-3-8-21-9-7-16(22,11-13(21)2)12-14-5-4-6-15(10-14)17(18,19)20/h3-6,10,13,22H,1,7-9,11-12H2,2H3/t13-,16?/m0/s1. The number of alkyl halides is 3. The van der Waals surface area contributed by atoms with Gasteiger partial charge in [0.05, 0.1) is 11.2 Å². The fraction of sp³-hybridized carbons (Fsp3) is 0.529. The van der Waals surface area contributed by atoms with E-state index in [0.29, 0.717) is 18.4 Å². The smallest absolute Gasteiger partial charge is 0.389 e. The topological polar surface area (TPSA) is 23.5 Å². The number of halogens is 3. The van der Waals surface area contributed by atoms with Crippen LogP contribution >= 0.6 is 0 Å². The predicted molar refractivity (Wildman–Crippen MR) is 80.6 cm³/mol. The summed E-state index contributed by atoms with van der Waals surface area (Å²) >= 11 is 0. The van der Waals surface area contributed by atoms with E-state index in [4.69, 9.17) is 0 Å². The van der Waals surface area contributed by atoms with Crippen molar-refractivity contribution in [1.29, 1.82) is 0 Å². The third kappa shape index (κ3) is 4.11. The van der Waals surface area contributed by atoms with Gasteiger partial charge in [-0.15, -0.1) is 6.58 Å². The number of hydrogen-bond acceptors (Lipinski definition) is 2. The fourth-order valence-electron chi connectivity index (χ4n) is 3.19. The van der Waals surface area contributed by atoms with Gasteiger partial charge in [-0.3, -0.25) is 4.90 Å². The van der Waals surface area contributed by atoms with Crippen molar-refractivity contribution in [1.82, 2.24) is 4.90 Å². The van der Waals surface area contributed by atoms with Gasteiger partial charge in [-0.1, -0.05) is 24.3 Å². The Morgan fingerprint density at radius 2 is 2.18 bits per heavy atom. The highest BCUT2D eigenvalue weighted by molar-refractivity contribution is 5.27. The highest BCUT2D eigenvalue weighted by Gasteiger charge is 2.37. The van der Waals surface area contributed by atoms with Gasteiger partial charge >= 0.3 is 6.18 Å². The molecule has 2 atom stereocenters. The van der Waals surface area contributed by atoms with Gasteiger partial charge in [-0.2, -0.15) is 13.2 Å². The van der Waals surface area contributed by atoms with Crippen LogP contribution in [0.25, 0.3) is 0 Å². The summed E-state index contributed by atoms with van der Waals surface area (Å²) < 4.78 is 38.3. The normalized spacial score (nSPS) is 26.9. The van der Waals surface area contributed by atoms with Gasteiger partial charge in [-0.05, 0) is 31.4 Å². The average molecular weight is 313 g/mol. The Kier molecular flexibility index (Phi) is 4.97. The molecule has 1 aliphatic rings. The van der Waals surface area contributed by atoms with E-state index >= 15 is 0 Å². The molecule has 5 heteroatoms. The summed E-state index contributed by atoms with van der Waals surface area (Å²) in [5.41, 5.74) is -1.08. The number of benzene rings is 1. The van der Waals surface area contributed by atoms with Crippen LogP contribution in [0.5, 0.6) is 0 Å². The lowest BCUT2D eigenvalue weighted by atomic mass is 9.82. The molecule has 1 aromatic rings. The van der Waals surface area contributed by atoms with E-state index in [-0.39, 0.29) is 12.5 Å². The summed E-state index contributed by atoms with van der Waals surface area (Å²) in [5, 5.41) is 10.7. The van der Waals surface area contributed by atoms with Gasteiger partial charge < -0.3 is 5.11 Å². The molecule has 1 fully saturated rings. The van der Waals surface area contributed by atoms with Crippen LogP contribution in [0.4, 0.5) is 13.2 Å². The first-order valence-electron chi connectivity index (χ1n) is 7.47. The minimum absolute atomic E-state index is 0.183. The second-order valence-electron chi connectivity index (χ2n) is 6.19. The van der Waals surface area contributed by atoms with E-state index in [1.165, 1.54) is 6.07 Å². The Bertz CT molecular complexity index is 529. The van der Waals surface area contributed by atoms with Gasteiger partial charge in [0.15, 0.2) is 0 Å². The van der Waals surface area contributed by atoms with E-state index in [0.717, 1.165) is 25.2 Å². The lowest BCUT2D eigenvalue weighted by Crippen LogP contribution is -2.50. The average Bonchev–Trinajstić information content (AvgIpc) is 2.41. The van der Waals surface area contributed by atoms with E-state index in [2.05, 4.69) is 11.5 Å². The first kappa shape index (κ1) is 17.0. The Morgan fingerprint density at radius 3 is 2.77 bits per heavy atom. The molecule has 122 valence electrons. The summed E-state index contributed by atoms with van der Waals surface area (Å²) in [4.78, 5) is 2.22. The summed E-state index contributed by atoms with van der Waals surface area (Å²) in [6.45, 7) is 7.23. The van der Waals surface area contributed by atoms with Gasteiger partial charge in [0, 0.05) is 25.6 Å². The van der Waals surface area contributed by atoms with Crippen LogP contribution in [0, 0.1) is 0 Å². The second kappa shape index (κ2) is 6.42. The highest BCUT2D eigenvalue weighted by Crippen LogP contribution is 2.33. The van der Waals surface area contributed by atoms with Crippen molar-refractivity contribution in [2.24, 2.45) is 0 Å². The van der Waals surface area contributed by atoms with Crippen LogP contribution in [0.1, 0.15) is 30.9 Å². The lowest BCUT2D eigenvalue weighted by molar-refractivity contribution is -0.137. The SMILES string of the molecule is C=CCN1CCC(O)(Cc2cccc(C(F)(F)F)c2)C[C@@H]1C. The Morgan fingerprint density at radius 1 is 1.45 bits per heavy atom. The number of rotatable bonds is 4. The Hall–Kier alpha value is -1.33. The maximum atomic E-state index is 12.8. The quantitative estimate of drug-likeness (QED) is 0.858. The number of likely N-dealkylation sites (tertiary alicyclic amines) is 1. The third-order valence-electron chi connectivity index (χ3n) is 4.31. The molecule has 1 heterocycles. The van der Waals surface area contributed by atoms with Crippen LogP contribution < -0.4 is 0 Å². The minimum Gasteiger partial charge on any atom is -0.389 e. The summed E-state index contributed by atoms with van der Waals surface area (Å²) in [5.74, 6) is 0. The van der Waals surface area contributed by atoms with Crippen molar-refractivity contribution < 1.29 is 18.3 Å². The minimum atomic E-state index is -4.35. The third-order valence-corrected chi connectivity index (χ3v) is 4.31. The molecule has 1 aliphatic heterocycles. The molecule has 0 bridgehead atoms. The van der Waals surface area contributed by atoms with Crippen LogP contribution in [0.3, 0.4) is 0 Å². The summed E-state index contributed by atoms with van der Waals surface area (Å²) in [7, 11) is 0. The second-order valence-corrected chi connectivity index (χ2v) is 6.19. The number of nitrogens with zero attached hydrogens (tertiary/aromatic N) is 1. The summed E-state index contributed by atoms with van der Waals surface area (Å²) in [6, 6.07) is 5.43. The molecule has 0 aliphatic carbocycles. The Labute approximate surface area is 129 Å². The predicted octanol–water partition coefficient (Wildman–Crippen LogP) is 3.65. The molecule has 2 nitrogen and oxygen atoms in total. The molecule has 2 rings (SSSR count). The van der Waals surface area contributed by atoms with Gasteiger partial charge in [0.2, 0.25) is 0 Å². The zero-order chi connectivity index (χ0) is 16.4. The van der Waals surface area contributed by atoms with E-state index in [9.17, 15) is 18.3 Å². The molecule has 22 heavy (non-hydrogen) atoms. The molecular formula is C17H22F3NO. The maximum Gasteiger partial charge on any atom is 0.416 e. The molecule has 0 amide bonds. The van der Waals surface area contributed by atoms with Gasteiger partial charge in [-0.25, -0.2) is 0 Å². The zero-order valence-electron chi connectivity index (χ0n) is 12.7. The first-order valence-corrected chi connectivity index (χ1v) is 7.47. The van der Waals surface area contributed by atoms with Crippen molar-refractivity contribution in [3.8, 4) is 0 Å². The van der Waals surface area contributed by atoms with E-state index in [1.807, 2.05) is 13.0 Å². The zero-order valence-corrected chi connectivity index (χ0v) is 12.7. The first-order chi connectivity index (χ1) is 10.2. The van der Waals surface area contributed by atoms with Crippen molar-refractivity contribution in [3.63, 3.8) is 0 Å². The van der Waals surface area contributed by atoms with Crippen LogP contribution in [0.2, 0.25) is 0 Å². The van der Waals surface area contributed by atoms with E-state index < -0.39 is 17.3 Å². The van der Waals surface area contributed by atoms with Crippen molar-refractivity contribution >= 4 is 0 Å². The van der Waals surface area contributed by atoms with Gasteiger partial charge in [0.25, 0.3) is 0 Å². The molecule has 0 saturated carbocycles. The molecule has 1 saturated heterocycles. The van der Waals surface area contributed by atoms with Gasteiger partial charge in [0.1, 0.15) is 0 Å². The van der Waals surface area contributed by atoms with Crippen LogP contribution in [-0.4, -0.2) is 34.7 Å². The number of piperidine rings is 1. The monoisotopic (exact) mass is 313 g/mol. The largest absolute Gasteiger partial charge is 0.416 e. The van der Waals surface area contributed by atoms with Crippen LogP contribution in [0.15, 0.2) is 36.9 Å². The van der Waals surface area contributed by atoms with E-state index in [1.54, 1.807) is 6.07 Å². The maximum absolute atomic E-state index is 12.8. The fourth-order valence-corrected chi connectivity index (χ4v) is 3.19. The van der Waals surface area contributed by atoms with Crippen molar-refractivity contribution in [2.75, 3.05) is 13.1 Å². The number of aliphatic hydroxyl groups is 1. The Balaban J connectivity index is 2.09. The summed E-state index contributed by atoms with van der Waals surface area (Å²) in [6.07, 6.45) is -1.16. The van der Waals surface area contributed by atoms with Crippen molar-refractivity contribution in [3.05, 3.63) is 48.0 Å². The molecule has 1 N–H and O–H groups in total. The highest BCUT2D eigenvalue weighted by atomic mass is 19.4.